The summed E-state index contributed by atoms with van der Waals surface area (Å²) >= 11 is 0. The maximum absolute atomic E-state index is 4.55. The van der Waals surface area contributed by atoms with E-state index in [1.807, 2.05) is 11.0 Å². The monoisotopic (exact) mass is 375 g/mol. The molecule has 0 spiro atoms. The van der Waals surface area contributed by atoms with Crippen LogP contribution >= 0.6 is 0 Å². The van der Waals surface area contributed by atoms with Gasteiger partial charge in [-0.1, -0.05) is 49.6 Å². The first-order valence-corrected chi connectivity index (χ1v) is 10.3. The van der Waals surface area contributed by atoms with Crippen LogP contribution in [0.1, 0.15) is 39.5 Å². The van der Waals surface area contributed by atoms with Crippen molar-refractivity contribution in [3.63, 3.8) is 0 Å². The van der Waals surface area contributed by atoms with Crippen molar-refractivity contribution in [1.29, 1.82) is 0 Å². The summed E-state index contributed by atoms with van der Waals surface area (Å²) in [6, 6.07) is 17.2. The minimum atomic E-state index is 1.01. The van der Waals surface area contributed by atoms with Crippen LogP contribution < -0.4 is 9.13 Å². The Bertz CT molecular complexity index is 1060. The molecule has 0 saturated heterocycles. The largest absolute Gasteiger partial charge is 0.265 e. The minimum Gasteiger partial charge on any atom is -0.237 e. The molecule has 4 aromatic rings. The Kier molecular flexibility index (Phi) is 5.51. The predicted octanol–water partition coefficient (Wildman–Crippen LogP) is 3.99. The molecule has 5 heteroatoms. The lowest BCUT2D eigenvalue weighted by Gasteiger charge is -1.99. The first-order chi connectivity index (χ1) is 13.8. The molecule has 2 aromatic carbocycles. The van der Waals surface area contributed by atoms with E-state index in [9.17, 15) is 0 Å². The number of unbranched alkanes of at least 4 members (excludes halogenated alkanes) is 2. The number of hydrogen-bond donors (Lipinski definition) is 0. The number of fused-ring (bicyclic) bond motifs is 1. The van der Waals surface area contributed by atoms with Crippen molar-refractivity contribution in [3.05, 3.63) is 67.5 Å². The molecular weight excluding hydrogens is 346 g/mol. The van der Waals surface area contributed by atoms with Crippen LogP contribution in [-0.2, 0) is 13.1 Å². The summed E-state index contributed by atoms with van der Waals surface area (Å²) in [6.07, 6.45) is 10.9. The van der Waals surface area contributed by atoms with Gasteiger partial charge >= 0.3 is 0 Å². The highest BCUT2D eigenvalue weighted by Gasteiger charge is 2.18. The molecule has 4 rings (SSSR count). The zero-order valence-electron chi connectivity index (χ0n) is 16.8. The number of para-hydroxylation sites is 2. The molecular formula is C23H29N5+2. The second-order valence-electron chi connectivity index (χ2n) is 7.32. The van der Waals surface area contributed by atoms with E-state index in [-0.39, 0.29) is 0 Å². The summed E-state index contributed by atoms with van der Waals surface area (Å²) in [7, 11) is 0. The molecule has 0 aliphatic rings. The van der Waals surface area contributed by atoms with Gasteiger partial charge in [-0.15, -0.1) is 0 Å². The summed E-state index contributed by atoms with van der Waals surface area (Å²) in [5.74, 6) is 0. The Labute approximate surface area is 166 Å². The average molecular weight is 376 g/mol. The van der Waals surface area contributed by atoms with E-state index < -0.39 is 0 Å². The summed E-state index contributed by atoms with van der Waals surface area (Å²) in [5.41, 5.74) is 4.73. The first kappa shape index (κ1) is 18.4. The average Bonchev–Trinajstić information content (AvgIpc) is 3.36. The number of hydrogen-bond acceptors (Lipinski definition) is 1. The van der Waals surface area contributed by atoms with E-state index in [0.717, 1.165) is 24.5 Å². The molecule has 2 aromatic heterocycles. The zero-order chi connectivity index (χ0) is 19.3. The van der Waals surface area contributed by atoms with Crippen LogP contribution in [0.2, 0.25) is 0 Å². The minimum absolute atomic E-state index is 1.01. The van der Waals surface area contributed by atoms with E-state index in [0.29, 0.717) is 0 Å². The molecule has 2 heterocycles. The lowest BCUT2D eigenvalue weighted by Crippen LogP contribution is -2.31. The Morgan fingerprint density at radius 3 is 2.50 bits per heavy atom. The standard InChI is InChI=1S/C23H29N5/c1-3-5-14-25-17-24-28(18-25)21-11-9-10-20(16-21)27-19-26(15-6-4-2)22-12-7-8-13-23(22)27/h7-13,16-19H,3-6,14-15H2,1-2H3/q+2. The number of benzene rings is 2. The van der Waals surface area contributed by atoms with Crippen LogP contribution in [-0.4, -0.2) is 14.3 Å². The lowest BCUT2D eigenvalue weighted by molar-refractivity contribution is -0.697. The molecule has 0 fully saturated rings. The number of imidazole rings is 1. The summed E-state index contributed by atoms with van der Waals surface area (Å²) in [5, 5.41) is 4.55. The fraction of sp³-hybridized carbons (Fsp3) is 0.348. The number of nitrogens with zero attached hydrogens (tertiary/aromatic N) is 5. The fourth-order valence-electron chi connectivity index (χ4n) is 3.58. The second kappa shape index (κ2) is 8.38. The highest BCUT2D eigenvalue weighted by Crippen LogP contribution is 2.19. The Morgan fingerprint density at radius 1 is 0.857 bits per heavy atom. The van der Waals surface area contributed by atoms with Gasteiger partial charge in [0.15, 0.2) is 11.0 Å². The van der Waals surface area contributed by atoms with Crippen LogP contribution in [0.15, 0.2) is 67.5 Å². The molecule has 5 nitrogen and oxygen atoms in total. The molecule has 0 saturated carbocycles. The summed E-state index contributed by atoms with van der Waals surface area (Å²) in [4.78, 5) is 0. The van der Waals surface area contributed by atoms with Crippen molar-refractivity contribution < 1.29 is 9.13 Å². The molecule has 0 aliphatic heterocycles. The molecule has 144 valence electrons. The highest BCUT2D eigenvalue weighted by atomic mass is 15.3. The Balaban J connectivity index is 1.71. The van der Waals surface area contributed by atoms with Crippen molar-refractivity contribution in [3.8, 4) is 11.4 Å². The number of aromatic nitrogens is 5. The van der Waals surface area contributed by atoms with Crippen LogP contribution in [0.4, 0.5) is 0 Å². The molecule has 0 unspecified atom stereocenters. The van der Waals surface area contributed by atoms with Crippen molar-refractivity contribution in [1.82, 2.24) is 14.3 Å². The maximum atomic E-state index is 4.55. The van der Waals surface area contributed by atoms with Crippen molar-refractivity contribution >= 4 is 11.0 Å². The van der Waals surface area contributed by atoms with E-state index in [4.69, 9.17) is 0 Å². The lowest BCUT2D eigenvalue weighted by atomic mass is 10.2. The zero-order valence-corrected chi connectivity index (χ0v) is 16.8. The summed E-state index contributed by atoms with van der Waals surface area (Å²) in [6.45, 7) is 6.50. The predicted molar refractivity (Wildman–Crippen MR) is 111 cm³/mol. The van der Waals surface area contributed by atoms with Gasteiger partial charge in [-0.2, -0.15) is 4.57 Å². The van der Waals surface area contributed by atoms with Gasteiger partial charge in [0, 0.05) is 11.2 Å². The molecule has 0 bridgehead atoms. The van der Waals surface area contributed by atoms with Crippen LogP contribution in [0.3, 0.4) is 0 Å². The van der Waals surface area contributed by atoms with Gasteiger partial charge < -0.3 is 0 Å². The normalized spacial score (nSPS) is 11.4. The van der Waals surface area contributed by atoms with Crippen molar-refractivity contribution in [2.75, 3.05) is 0 Å². The number of rotatable bonds is 8. The molecule has 0 amide bonds. The van der Waals surface area contributed by atoms with Gasteiger partial charge in [0.05, 0.1) is 13.1 Å². The van der Waals surface area contributed by atoms with Gasteiger partial charge in [0.25, 0.3) is 6.33 Å². The van der Waals surface area contributed by atoms with Crippen LogP contribution in [0, 0.1) is 0 Å². The molecule has 0 N–H and O–H groups in total. The summed E-state index contributed by atoms with van der Waals surface area (Å²) < 4.78 is 8.75. The SMILES string of the molecule is CCCC[n+]1cnn(-c2cccc(-n3c[n+](CCCC)c4ccccc43)c2)c1. The van der Waals surface area contributed by atoms with E-state index in [1.54, 1.807) is 0 Å². The first-order valence-electron chi connectivity index (χ1n) is 10.3. The third-order valence-electron chi connectivity index (χ3n) is 5.18. The molecule has 28 heavy (non-hydrogen) atoms. The third-order valence-corrected chi connectivity index (χ3v) is 5.18. The third kappa shape index (κ3) is 3.70. The second-order valence-corrected chi connectivity index (χ2v) is 7.32. The van der Waals surface area contributed by atoms with Gasteiger partial charge in [-0.3, -0.25) is 0 Å². The quantitative estimate of drug-likeness (QED) is 0.428. The van der Waals surface area contributed by atoms with E-state index >= 15 is 0 Å². The fourth-order valence-corrected chi connectivity index (χ4v) is 3.58. The Morgan fingerprint density at radius 2 is 1.64 bits per heavy atom. The van der Waals surface area contributed by atoms with Gasteiger partial charge in [0.1, 0.15) is 11.4 Å². The maximum Gasteiger partial charge on any atom is 0.265 e. The van der Waals surface area contributed by atoms with Crippen molar-refractivity contribution in [2.45, 2.75) is 52.6 Å². The van der Waals surface area contributed by atoms with Crippen LogP contribution in [0.5, 0.6) is 0 Å². The van der Waals surface area contributed by atoms with Gasteiger partial charge in [0.2, 0.25) is 12.7 Å². The van der Waals surface area contributed by atoms with Gasteiger partial charge in [-0.25, -0.2) is 9.13 Å². The molecule has 0 atom stereocenters. The molecule has 0 radical (unpaired) electrons. The van der Waals surface area contributed by atoms with E-state index in [2.05, 4.69) is 93.8 Å². The number of aryl methyl sites for hydroxylation is 2. The van der Waals surface area contributed by atoms with Crippen LogP contribution in [0.25, 0.3) is 22.4 Å². The Hall–Kier alpha value is -2.95. The highest BCUT2D eigenvalue weighted by molar-refractivity contribution is 5.74. The molecule has 0 aliphatic carbocycles. The van der Waals surface area contributed by atoms with Gasteiger partial charge in [-0.05, 0) is 37.1 Å². The topological polar surface area (TPSA) is 30.5 Å². The van der Waals surface area contributed by atoms with E-state index in [1.165, 1.54) is 36.7 Å². The smallest absolute Gasteiger partial charge is 0.237 e. The van der Waals surface area contributed by atoms with Crippen molar-refractivity contribution in [2.24, 2.45) is 0 Å².